The van der Waals surface area contributed by atoms with E-state index in [-0.39, 0.29) is 6.42 Å². The van der Waals surface area contributed by atoms with Gasteiger partial charge in [-0.3, -0.25) is 0 Å². The first kappa shape index (κ1) is 11.8. The summed E-state index contributed by atoms with van der Waals surface area (Å²) in [6.07, 6.45) is -3.01. The van der Waals surface area contributed by atoms with E-state index in [2.05, 4.69) is 0 Å². The fourth-order valence-electron chi connectivity index (χ4n) is 1.51. The molecule has 0 aromatic rings. The first-order chi connectivity index (χ1) is 6.59. The van der Waals surface area contributed by atoms with Crippen molar-refractivity contribution in [3.63, 3.8) is 0 Å². The minimum Gasteiger partial charge on any atom is -0.393 e. The minimum absolute atomic E-state index is 0.111. The average Bonchev–Trinajstić information content (AvgIpc) is 2.22. The maximum Gasteiger partial charge on any atom is 0.160 e. The highest BCUT2D eigenvalue weighted by Gasteiger charge is 2.48. The minimum atomic E-state index is -1.54. The lowest BCUT2D eigenvalue weighted by atomic mass is 9.89. The lowest BCUT2D eigenvalue weighted by molar-refractivity contribution is -0.304. The normalized spacial score (nSPS) is 37.1. The van der Waals surface area contributed by atoms with Crippen molar-refractivity contribution in [1.29, 1.82) is 0 Å². The largest absolute Gasteiger partial charge is 0.393 e. The second-order valence-electron chi connectivity index (χ2n) is 3.41. The molecule has 6 heteroatoms. The van der Waals surface area contributed by atoms with E-state index in [0.717, 1.165) is 0 Å². The van der Waals surface area contributed by atoms with Crippen LogP contribution in [0, 0.1) is 0 Å². The summed E-state index contributed by atoms with van der Waals surface area (Å²) in [5.74, 6) is 0. The third-order valence-electron chi connectivity index (χ3n) is 2.50. The number of hydrogen-bond acceptors (Lipinski definition) is 6. The highest BCUT2D eigenvalue weighted by molar-refractivity contribution is 4.95. The van der Waals surface area contributed by atoms with Crippen LogP contribution in [0.5, 0.6) is 0 Å². The molecule has 4 N–H and O–H groups in total. The molecule has 1 saturated heterocycles. The number of ether oxygens (including phenoxy) is 2. The predicted molar refractivity (Wildman–Crippen MR) is 45.4 cm³/mol. The molecular formula is C8H16O6. The Morgan fingerprint density at radius 2 is 1.93 bits per heavy atom. The Bertz CT molecular complexity index is 181. The van der Waals surface area contributed by atoms with E-state index in [4.69, 9.17) is 19.7 Å². The second-order valence-corrected chi connectivity index (χ2v) is 3.41. The van der Waals surface area contributed by atoms with Gasteiger partial charge in [-0.15, -0.1) is 0 Å². The number of rotatable bonds is 3. The summed E-state index contributed by atoms with van der Waals surface area (Å²) in [6, 6.07) is 0. The SMILES string of the molecule is COC1CC(O)C(O)C(CO)(CO)O1. The van der Waals surface area contributed by atoms with Crippen LogP contribution < -0.4 is 0 Å². The van der Waals surface area contributed by atoms with Crippen LogP contribution in [0.15, 0.2) is 0 Å². The number of aliphatic hydroxyl groups excluding tert-OH is 4. The monoisotopic (exact) mass is 208 g/mol. The average molecular weight is 208 g/mol. The summed E-state index contributed by atoms with van der Waals surface area (Å²) in [5.41, 5.74) is -1.54. The Kier molecular flexibility index (Phi) is 3.82. The molecule has 1 aliphatic rings. The summed E-state index contributed by atoms with van der Waals surface area (Å²) < 4.78 is 10.0. The van der Waals surface area contributed by atoms with Crippen molar-refractivity contribution in [3.8, 4) is 0 Å². The van der Waals surface area contributed by atoms with E-state index in [0.29, 0.717) is 0 Å². The molecule has 14 heavy (non-hydrogen) atoms. The van der Waals surface area contributed by atoms with Crippen molar-refractivity contribution in [3.05, 3.63) is 0 Å². The van der Waals surface area contributed by atoms with Crippen molar-refractivity contribution in [2.75, 3.05) is 20.3 Å². The van der Waals surface area contributed by atoms with E-state index in [1.807, 2.05) is 0 Å². The lowest BCUT2D eigenvalue weighted by Crippen LogP contribution is -2.62. The molecule has 0 aliphatic carbocycles. The van der Waals surface area contributed by atoms with Gasteiger partial charge in [0.05, 0.1) is 19.3 Å². The number of aliphatic hydroxyl groups is 4. The van der Waals surface area contributed by atoms with E-state index in [1.54, 1.807) is 0 Å². The van der Waals surface area contributed by atoms with Crippen molar-refractivity contribution in [2.24, 2.45) is 0 Å². The quantitative estimate of drug-likeness (QED) is 0.421. The standard InChI is InChI=1S/C8H16O6/c1-13-6-2-5(11)7(12)8(3-9,4-10)14-6/h5-7,9-12H,2-4H2,1H3. The molecule has 84 valence electrons. The second kappa shape index (κ2) is 4.52. The van der Waals surface area contributed by atoms with Crippen molar-refractivity contribution < 1.29 is 29.9 Å². The summed E-state index contributed by atoms with van der Waals surface area (Å²) in [7, 11) is 1.38. The molecule has 1 aliphatic heterocycles. The molecule has 1 rings (SSSR count). The lowest BCUT2D eigenvalue weighted by Gasteiger charge is -2.44. The first-order valence-electron chi connectivity index (χ1n) is 4.38. The molecule has 3 unspecified atom stereocenters. The van der Waals surface area contributed by atoms with Gasteiger partial charge < -0.3 is 29.9 Å². The van der Waals surface area contributed by atoms with Gasteiger partial charge in [-0.2, -0.15) is 0 Å². The van der Waals surface area contributed by atoms with Crippen molar-refractivity contribution >= 4 is 0 Å². The van der Waals surface area contributed by atoms with Crippen molar-refractivity contribution in [1.82, 2.24) is 0 Å². The molecule has 0 aromatic carbocycles. The van der Waals surface area contributed by atoms with Crippen LogP contribution in [-0.4, -0.2) is 64.8 Å². The van der Waals surface area contributed by atoms with Gasteiger partial charge in [0.15, 0.2) is 6.29 Å². The van der Waals surface area contributed by atoms with Crippen LogP contribution in [0.3, 0.4) is 0 Å². The number of hydrogen-bond donors (Lipinski definition) is 4. The Balaban J connectivity index is 2.80. The van der Waals surface area contributed by atoms with Crippen molar-refractivity contribution in [2.45, 2.75) is 30.5 Å². The highest BCUT2D eigenvalue weighted by Crippen LogP contribution is 2.29. The van der Waals surface area contributed by atoms with Gasteiger partial charge in [0.1, 0.15) is 11.7 Å². The molecule has 0 aromatic heterocycles. The molecule has 3 atom stereocenters. The van der Waals surface area contributed by atoms with Gasteiger partial charge in [-0.05, 0) is 0 Å². The fraction of sp³-hybridized carbons (Fsp3) is 1.00. The maximum absolute atomic E-state index is 9.55. The predicted octanol–water partition coefficient (Wildman–Crippen LogP) is -2.18. The fourth-order valence-corrected chi connectivity index (χ4v) is 1.51. The number of methoxy groups -OCH3 is 1. The topological polar surface area (TPSA) is 99.4 Å². The van der Waals surface area contributed by atoms with E-state index in [9.17, 15) is 10.2 Å². The van der Waals surface area contributed by atoms with Gasteiger partial charge in [0.25, 0.3) is 0 Å². The highest BCUT2D eigenvalue weighted by atomic mass is 16.7. The smallest absolute Gasteiger partial charge is 0.160 e. The molecule has 6 nitrogen and oxygen atoms in total. The third-order valence-corrected chi connectivity index (χ3v) is 2.50. The third kappa shape index (κ3) is 1.90. The van der Waals surface area contributed by atoms with Crippen LogP contribution in [0.2, 0.25) is 0 Å². The molecule has 1 fully saturated rings. The van der Waals surface area contributed by atoms with Crippen LogP contribution in [0.25, 0.3) is 0 Å². The summed E-state index contributed by atoms with van der Waals surface area (Å²) >= 11 is 0. The molecule has 0 radical (unpaired) electrons. The Morgan fingerprint density at radius 3 is 2.36 bits per heavy atom. The van der Waals surface area contributed by atoms with Crippen LogP contribution in [0.4, 0.5) is 0 Å². The van der Waals surface area contributed by atoms with Gasteiger partial charge in [0, 0.05) is 13.5 Å². The maximum atomic E-state index is 9.55. The summed E-state index contributed by atoms with van der Waals surface area (Å²) in [4.78, 5) is 0. The molecular weight excluding hydrogens is 192 g/mol. The van der Waals surface area contributed by atoms with Gasteiger partial charge in [0.2, 0.25) is 0 Å². The van der Waals surface area contributed by atoms with Crippen LogP contribution >= 0.6 is 0 Å². The molecule has 1 heterocycles. The van der Waals surface area contributed by atoms with Gasteiger partial charge >= 0.3 is 0 Å². The summed E-state index contributed by atoms with van der Waals surface area (Å²) in [6.45, 7) is -1.16. The first-order valence-corrected chi connectivity index (χ1v) is 4.38. The van der Waals surface area contributed by atoms with Gasteiger partial charge in [-0.25, -0.2) is 0 Å². The summed E-state index contributed by atoms with van der Waals surface area (Å²) in [5, 5.41) is 37.1. The van der Waals surface area contributed by atoms with Crippen LogP contribution in [-0.2, 0) is 9.47 Å². The molecule has 0 bridgehead atoms. The zero-order valence-corrected chi connectivity index (χ0v) is 7.96. The van der Waals surface area contributed by atoms with E-state index >= 15 is 0 Å². The Hall–Kier alpha value is -0.240. The van der Waals surface area contributed by atoms with Gasteiger partial charge in [-0.1, -0.05) is 0 Å². The Morgan fingerprint density at radius 1 is 1.36 bits per heavy atom. The van der Waals surface area contributed by atoms with E-state index < -0.39 is 37.3 Å². The molecule has 0 saturated carbocycles. The van der Waals surface area contributed by atoms with Crippen LogP contribution in [0.1, 0.15) is 6.42 Å². The zero-order valence-electron chi connectivity index (χ0n) is 7.96. The zero-order chi connectivity index (χ0) is 10.8. The molecule has 0 amide bonds. The molecule has 0 spiro atoms. The Labute approximate surface area is 81.7 Å². The van der Waals surface area contributed by atoms with E-state index in [1.165, 1.54) is 7.11 Å².